The van der Waals surface area contributed by atoms with Crippen LogP contribution in [0.1, 0.15) is 25.0 Å². The fraction of sp³-hybridized carbons (Fsp3) is 0.500. The Labute approximate surface area is 101 Å². The number of halogens is 1. The van der Waals surface area contributed by atoms with Crippen molar-refractivity contribution in [3.05, 3.63) is 20.3 Å². The molecule has 0 spiro atoms. The predicted molar refractivity (Wildman–Crippen MR) is 65.0 cm³/mol. The summed E-state index contributed by atoms with van der Waals surface area (Å²) in [7, 11) is -4.64. The van der Waals surface area contributed by atoms with Gasteiger partial charge in [0, 0.05) is 0 Å². The second-order valence-electron chi connectivity index (χ2n) is 2.73. The summed E-state index contributed by atoms with van der Waals surface area (Å²) in [4.78, 5) is 21.6. The molecule has 0 amide bonds. The summed E-state index contributed by atoms with van der Waals surface area (Å²) in [5, 5.41) is 2.24. The number of thiophene rings is 1. The lowest BCUT2D eigenvalue weighted by molar-refractivity contribution is 0.275. The van der Waals surface area contributed by atoms with Gasteiger partial charge in [-0.15, -0.1) is 11.3 Å². The van der Waals surface area contributed by atoms with Crippen molar-refractivity contribution in [3.8, 4) is 0 Å². The van der Waals surface area contributed by atoms with Gasteiger partial charge in [0.05, 0.1) is 3.79 Å². The maximum Gasteiger partial charge on any atom is 0.466 e. The fourth-order valence-corrected chi connectivity index (χ4v) is 2.84. The van der Waals surface area contributed by atoms with E-state index in [4.69, 9.17) is 19.2 Å². The Morgan fingerprint density at radius 1 is 1.33 bits per heavy atom. The van der Waals surface area contributed by atoms with E-state index in [1.54, 1.807) is 11.3 Å². The number of aryl methyl sites for hydroxylation is 1. The van der Waals surface area contributed by atoms with Crippen LogP contribution in [0.5, 0.6) is 0 Å². The first-order valence-corrected chi connectivity index (χ1v) is 7.56. The van der Waals surface area contributed by atoms with Gasteiger partial charge in [-0.2, -0.15) is 0 Å². The van der Waals surface area contributed by atoms with Gasteiger partial charge in [-0.3, -0.25) is 0 Å². The van der Waals surface area contributed by atoms with Gasteiger partial charge in [0.15, 0.2) is 0 Å². The molecule has 0 aliphatic rings. The highest BCUT2D eigenvalue weighted by Gasteiger charge is 2.04. The van der Waals surface area contributed by atoms with Crippen LogP contribution in [-0.4, -0.2) is 14.7 Å². The van der Waals surface area contributed by atoms with Crippen LogP contribution in [0.2, 0.25) is 0 Å². The van der Waals surface area contributed by atoms with Crippen LogP contribution in [0.4, 0.5) is 0 Å². The van der Waals surface area contributed by atoms with Crippen molar-refractivity contribution >= 4 is 35.1 Å². The van der Waals surface area contributed by atoms with E-state index in [1.165, 1.54) is 14.9 Å². The zero-order valence-corrected chi connectivity index (χ0v) is 11.8. The van der Waals surface area contributed by atoms with Gasteiger partial charge in [-0.05, 0) is 45.3 Å². The average molecular weight is 317 g/mol. The maximum absolute atomic E-state index is 8.88. The van der Waals surface area contributed by atoms with Crippen LogP contribution in [0.15, 0.2) is 9.17 Å². The van der Waals surface area contributed by atoms with Crippen molar-refractivity contribution in [2.24, 2.45) is 0 Å². The molecule has 0 atom stereocenters. The van der Waals surface area contributed by atoms with Gasteiger partial charge in [0.1, 0.15) is 0 Å². The zero-order chi connectivity index (χ0) is 12.1. The third-order valence-electron chi connectivity index (χ3n) is 1.66. The highest BCUT2D eigenvalue weighted by molar-refractivity contribution is 9.11. The molecule has 0 bridgehead atoms. The van der Waals surface area contributed by atoms with Crippen molar-refractivity contribution in [2.45, 2.75) is 26.7 Å². The number of hydrogen-bond donors (Lipinski definition) is 3. The minimum atomic E-state index is -4.64. The molecule has 0 fully saturated rings. The summed E-state index contributed by atoms with van der Waals surface area (Å²) < 4.78 is 10.2. The molecule has 15 heavy (non-hydrogen) atoms. The minimum Gasteiger partial charge on any atom is -0.303 e. The molecule has 7 heteroatoms. The highest BCUT2D eigenvalue weighted by Crippen LogP contribution is 2.28. The van der Waals surface area contributed by atoms with Gasteiger partial charge in [-0.25, -0.2) is 4.57 Å². The highest BCUT2D eigenvalue weighted by atomic mass is 79.9. The van der Waals surface area contributed by atoms with Crippen LogP contribution in [0.3, 0.4) is 0 Å². The van der Waals surface area contributed by atoms with E-state index >= 15 is 0 Å². The smallest absolute Gasteiger partial charge is 0.303 e. The van der Waals surface area contributed by atoms with Crippen molar-refractivity contribution in [2.75, 3.05) is 0 Å². The summed E-state index contributed by atoms with van der Waals surface area (Å²) in [6, 6.07) is 0. The molecule has 0 aromatic carbocycles. The molecule has 0 saturated carbocycles. The van der Waals surface area contributed by atoms with E-state index in [9.17, 15) is 0 Å². The van der Waals surface area contributed by atoms with Crippen LogP contribution in [0, 0.1) is 0 Å². The molecule has 3 N–H and O–H groups in total. The van der Waals surface area contributed by atoms with E-state index in [0.717, 1.165) is 12.8 Å². The van der Waals surface area contributed by atoms with E-state index in [2.05, 4.69) is 35.2 Å². The first-order valence-electron chi connectivity index (χ1n) is 4.32. The second kappa shape index (κ2) is 6.78. The predicted octanol–water partition coefficient (Wildman–Crippen LogP) is 2.71. The Bertz CT molecular complexity index is 338. The quantitative estimate of drug-likeness (QED) is 0.733. The first kappa shape index (κ1) is 15.3. The third kappa shape index (κ3) is 7.22. The SMILES string of the molecule is CCc1csc(Br)c1CC.O=P(O)(O)O. The maximum atomic E-state index is 8.88. The zero-order valence-electron chi connectivity index (χ0n) is 8.47. The normalized spacial score (nSPS) is 10.8. The Kier molecular flexibility index (Phi) is 6.91. The van der Waals surface area contributed by atoms with Gasteiger partial charge in [-0.1, -0.05) is 13.8 Å². The number of phosphoric acid groups is 1. The Morgan fingerprint density at radius 3 is 2.07 bits per heavy atom. The molecule has 0 unspecified atom stereocenters. The van der Waals surface area contributed by atoms with Gasteiger partial charge < -0.3 is 14.7 Å². The Hall–Kier alpha value is 0.290. The third-order valence-corrected chi connectivity index (χ3v) is 3.56. The van der Waals surface area contributed by atoms with Crippen LogP contribution in [0.25, 0.3) is 0 Å². The summed E-state index contributed by atoms with van der Waals surface area (Å²) >= 11 is 5.33. The van der Waals surface area contributed by atoms with Crippen LogP contribution >= 0.6 is 35.1 Å². The van der Waals surface area contributed by atoms with Crippen molar-refractivity contribution in [1.29, 1.82) is 0 Å². The van der Waals surface area contributed by atoms with E-state index in [0.29, 0.717) is 0 Å². The molecule has 0 aliphatic carbocycles. The van der Waals surface area contributed by atoms with Gasteiger partial charge in [0.2, 0.25) is 0 Å². The Morgan fingerprint density at radius 2 is 1.80 bits per heavy atom. The second-order valence-corrected chi connectivity index (χ2v) is 5.96. The topological polar surface area (TPSA) is 77.8 Å². The van der Waals surface area contributed by atoms with Crippen LogP contribution in [-0.2, 0) is 17.4 Å². The largest absolute Gasteiger partial charge is 0.466 e. The van der Waals surface area contributed by atoms with E-state index in [1.807, 2.05) is 0 Å². The average Bonchev–Trinajstić information content (AvgIpc) is 2.43. The molecule has 1 aromatic heterocycles. The molecule has 1 rings (SSSR count). The summed E-state index contributed by atoms with van der Waals surface area (Å²) in [6.07, 6.45) is 2.30. The van der Waals surface area contributed by atoms with E-state index in [-0.39, 0.29) is 0 Å². The lowest BCUT2D eigenvalue weighted by atomic mass is 10.1. The molecule has 1 heterocycles. The molecular formula is C8H14BrO4PS. The standard InChI is InChI=1S/C8H11BrS.H3O4P/c1-3-6-5-10-8(9)7(6)4-2;1-5(2,3)4/h5H,3-4H2,1-2H3;(H3,1,2,3,4). The lowest BCUT2D eigenvalue weighted by Crippen LogP contribution is -1.83. The molecule has 1 aromatic rings. The molecule has 88 valence electrons. The number of hydrogen-bond acceptors (Lipinski definition) is 2. The fourth-order valence-electron chi connectivity index (χ4n) is 1.05. The van der Waals surface area contributed by atoms with Crippen LogP contribution < -0.4 is 0 Å². The molecule has 0 radical (unpaired) electrons. The summed E-state index contributed by atoms with van der Waals surface area (Å²) in [5.74, 6) is 0. The van der Waals surface area contributed by atoms with Gasteiger partial charge >= 0.3 is 7.82 Å². The molecule has 0 aliphatic heterocycles. The van der Waals surface area contributed by atoms with Crippen molar-refractivity contribution in [1.82, 2.24) is 0 Å². The number of rotatable bonds is 2. The first-order chi connectivity index (χ1) is 6.79. The Balaban J connectivity index is 0.000000336. The summed E-state index contributed by atoms with van der Waals surface area (Å²) in [5.41, 5.74) is 2.99. The molecule has 0 saturated heterocycles. The minimum absolute atomic E-state index is 1.15. The molecule has 4 nitrogen and oxygen atoms in total. The van der Waals surface area contributed by atoms with Gasteiger partial charge in [0.25, 0.3) is 0 Å². The summed E-state index contributed by atoms with van der Waals surface area (Å²) in [6.45, 7) is 4.40. The molecular weight excluding hydrogens is 303 g/mol. The monoisotopic (exact) mass is 316 g/mol. The van der Waals surface area contributed by atoms with Crippen molar-refractivity contribution in [3.63, 3.8) is 0 Å². The van der Waals surface area contributed by atoms with Crippen molar-refractivity contribution < 1.29 is 19.2 Å². The van der Waals surface area contributed by atoms with E-state index < -0.39 is 7.82 Å². The lowest BCUT2D eigenvalue weighted by Gasteiger charge is -1.96.